The van der Waals surface area contributed by atoms with Gasteiger partial charge in [-0.25, -0.2) is 9.48 Å². The van der Waals surface area contributed by atoms with Gasteiger partial charge in [0.2, 0.25) is 0 Å². The summed E-state index contributed by atoms with van der Waals surface area (Å²) >= 11 is 0. The number of aryl methyl sites for hydroxylation is 2. The topological polar surface area (TPSA) is 55.1 Å². The Morgan fingerprint density at radius 2 is 1.83 bits per heavy atom. The molecule has 0 saturated heterocycles. The number of benzene rings is 2. The second-order valence-electron chi connectivity index (χ2n) is 5.45. The third-order valence-electron chi connectivity index (χ3n) is 4.09. The van der Waals surface area contributed by atoms with Crippen LogP contribution >= 0.6 is 0 Å². The molecule has 0 bridgehead atoms. The predicted molar refractivity (Wildman–Crippen MR) is 94.7 cm³/mol. The summed E-state index contributed by atoms with van der Waals surface area (Å²) in [5.41, 5.74) is 5.82. The summed E-state index contributed by atoms with van der Waals surface area (Å²) in [6.45, 7) is 4.00. The summed E-state index contributed by atoms with van der Waals surface area (Å²) in [6.07, 6.45) is 3.90. The van der Waals surface area contributed by atoms with Gasteiger partial charge in [0, 0.05) is 11.8 Å². The van der Waals surface area contributed by atoms with E-state index in [0.29, 0.717) is 0 Å². The Bertz CT molecular complexity index is 881. The van der Waals surface area contributed by atoms with Crippen molar-refractivity contribution in [3.05, 3.63) is 71.5 Å². The third kappa shape index (κ3) is 2.83. The normalized spacial score (nSPS) is 11.8. The zero-order valence-corrected chi connectivity index (χ0v) is 13.9. The van der Waals surface area contributed by atoms with Gasteiger partial charge in [0.15, 0.2) is 0 Å². The van der Waals surface area contributed by atoms with E-state index in [0.717, 1.165) is 29.8 Å². The van der Waals surface area contributed by atoms with Gasteiger partial charge in [-0.1, -0.05) is 44.2 Å². The van der Waals surface area contributed by atoms with Gasteiger partial charge in [-0.2, -0.15) is 5.10 Å². The maximum atomic E-state index is 11.1. The number of nitrogens with zero attached hydrogens (tertiary/aromatic N) is 2. The van der Waals surface area contributed by atoms with E-state index in [1.807, 2.05) is 32.2 Å². The first-order chi connectivity index (χ1) is 11.7. The standard InChI is InChI=1S/C18H14N2O2.C2H6/c21-18(22)13-5-3-6-14(10-13)20-11-16-15-7-2-1-4-12(15)8-9-17(16)19-20;1-2/h1-7,10-11H,8-9H2,(H,21,22);1-2H3. The van der Waals surface area contributed by atoms with Gasteiger partial charge in [-0.3, -0.25) is 0 Å². The van der Waals surface area contributed by atoms with Crippen LogP contribution in [0.3, 0.4) is 0 Å². The molecule has 4 heteroatoms. The van der Waals surface area contributed by atoms with Gasteiger partial charge in [-0.05, 0) is 42.2 Å². The van der Waals surface area contributed by atoms with E-state index >= 15 is 0 Å². The molecule has 1 N–H and O–H groups in total. The van der Waals surface area contributed by atoms with E-state index in [-0.39, 0.29) is 5.56 Å². The number of carboxylic acid groups (broad SMARTS) is 1. The highest BCUT2D eigenvalue weighted by molar-refractivity contribution is 5.88. The van der Waals surface area contributed by atoms with Crippen LogP contribution < -0.4 is 0 Å². The number of hydrogen-bond donors (Lipinski definition) is 1. The Kier molecular flexibility index (Phi) is 4.47. The zero-order chi connectivity index (χ0) is 17.1. The molecule has 0 radical (unpaired) electrons. The van der Waals surface area contributed by atoms with Crippen LogP contribution in [-0.4, -0.2) is 20.9 Å². The molecule has 0 unspecified atom stereocenters. The lowest BCUT2D eigenvalue weighted by atomic mass is 9.90. The Morgan fingerprint density at radius 1 is 1.04 bits per heavy atom. The van der Waals surface area contributed by atoms with Crippen molar-refractivity contribution >= 4 is 5.97 Å². The van der Waals surface area contributed by atoms with E-state index < -0.39 is 5.97 Å². The highest BCUT2D eigenvalue weighted by atomic mass is 16.4. The number of carbonyl (C=O) groups is 1. The van der Waals surface area contributed by atoms with Crippen LogP contribution in [0.4, 0.5) is 0 Å². The van der Waals surface area contributed by atoms with E-state index in [2.05, 4.69) is 23.3 Å². The summed E-state index contributed by atoms with van der Waals surface area (Å²) in [5, 5.41) is 13.8. The first-order valence-corrected chi connectivity index (χ1v) is 8.23. The average molecular weight is 320 g/mol. The van der Waals surface area contributed by atoms with Crippen molar-refractivity contribution in [2.45, 2.75) is 26.7 Å². The summed E-state index contributed by atoms with van der Waals surface area (Å²) < 4.78 is 1.78. The fraction of sp³-hybridized carbons (Fsp3) is 0.200. The molecule has 1 aliphatic rings. The van der Waals surface area contributed by atoms with Crippen molar-refractivity contribution in [1.82, 2.24) is 9.78 Å². The first kappa shape index (κ1) is 16.0. The molecule has 4 nitrogen and oxygen atoms in total. The smallest absolute Gasteiger partial charge is 0.335 e. The molecule has 0 aliphatic heterocycles. The van der Waals surface area contributed by atoms with Gasteiger partial charge in [-0.15, -0.1) is 0 Å². The maximum absolute atomic E-state index is 11.1. The fourth-order valence-corrected chi connectivity index (χ4v) is 2.99. The number of fused-ring (bicyclic) bond motifs is 3. The molecule has 122 valence electrons. The molecule has 0 fully saturated rings. The quantitative estimate of drug-likeness (QED) is 0.763. The van der Waals surface area contributed by atoms with Crippen LogP contribution in [0.25, 0.3) is 16.8 Å². The lowest BCUT2D eigenvalue weighted by Gasteiger charge is -2.13. The van der Waals surface area contributed by atoms with Gasteiger partial charge in [0.05, 0.1) is 16.9 Å². The highest BCUT2D eigenvalue weighted by Crippen LogP contribution is 2.33. The summed E-state index contributed by atoms with van der Waals surface area (Å²) in [5.74, 6) is -0.927. The van der Waals surface area contributed by atoms with Gasteiger partial charge in [0.25, 0.3) is 0 Å². The van der Waals surface area contributed by atoms with Gasteiger partial charge in [0.1, 0.15) is 0 Å². The van der Waals surface area contributed by atoms with Gasteiger partial charge < -0.3 is 5.11 Å². The monoisotopic (exact) mass is 320 g/mol. The van der Waals surface area contributed by atoms with Crippen molar-refractivity contribution in [1.29, 1.82) is 0 Å². The second-order valence-corrected chi connectivity index (χ2v) is 5.45. The lowest BCUT2D eigenvalue weighted by molar-refractivity contribution is 0.0697. The second kappa shape index (κ2) is 6.71. The summed E-state index contributed by atoms with van der Waals surface area (Å²) in [4.78, 5) is 11.1. The molecule has 1 heterocycles. The van der Waals surface area contributed by atoms with Crippen LogP contribution in [0.2, 0.25) is 0 Å². The molecule has 1 aromatic heterocycles. The number of aromatic carboxylic acids is 1. The molecule has 0 spiro atoms. The minimum absolute atomic E-state index is 0.270. The molecule has 0 saturated carbocycles. The molecule has 3 aromatic rings. The third-order valence-corrected chi connectivity index (χ3v) is 4.09. The van der Waals surface area contributed by atoms with Crippen molar-refractivity contribution in [2.75, 3.05) is 0 Å². The summed E-state index contributed by atoms with van der Waals surface area (Å²) in [6, 6.07) is 15.2. The Hall–Kier alpha value is -2.88. The number of rotatable bonds is 2. The molecule has 2 aromatic carbocycles. The minimum atomic E-state index is -0.927. The van der Waals surface area contributed by atoms with Gasteiger partial charge >= 0.3 is 5.97 Å². The lowest BCUT2D eigenvalue weighted by Crippen LogP contribution is -2.03. The molecule has 0 amide bonds. The molecular weight excluding hydrogens is 300 g/mol. The minimum Gasteiger partial charge on any atom is -0.478 e. The molecule has 4 rings (SSSR count). The van der Waals surface area contributed by atoms with Crippen LogP contribution in [0.1, 0.15) is 35.5 Å². The average Bonchev–Trinajstić information content (AvgIpc) is 3.08. The number of carboxylic acids is 1. The number of aromatic nitrogens is 2. The fourth-order valence-electron chi connectivity index (χ4n) is 2.99. The number of hydrogen-bond acceptors (Lipinski definition) is 2. The Balaban J connectivity index is 0.000000815. The molecule has 0 atom stereocenters. The zero-order valence-electron chi connectivity index (χ0n) is 13.9. The van der Waals surface area contributed by atoms with E-state index in [1.54, 1.807) is 22.9 Å². The van der Waals surface area contributed by atoms with E-state index in [4.69, 9.17) is 5.11 Å². The van der Waals surface area contributed by atoms with Crippen LogP contribution in [0.5, 0.6) is 0 Å². The van der Waals surface area contributed by atoms with Crippen molar-refractivity contribution in [3.63, 3.8) is 0 Å². The molecular formula is C20H20N2O2. The van der Waals surface area contributed by atoms with Crippen molar-refractivity contribution < 1.29 is 9.90 Å². The maximum Gasteiger partial charge on any atom is 0.335 e. The van der Waals surface area contributed by atoms with Crippen LogP contribution in [-0.2, 0) is 12.8 Å². The SMILES string of the molecule is CC.O=C(O)c1cccc(-n2cc3c(n2)CCc2ccccc2-3)c1. The predicted octanol–water partition coefficient (Wildman–Crippen LogP) is 4.36. The Labute approximate surface area is 141 Å². The first-order valence-electron chi connectivity index (χ1n) is 8.23. The van der Waals surface area contributed by atoms with Crippen molar-refractivity contribution in [3.8, 4) is 16.8 Å². The van der Waals surface area contributed by atoms with E-state index in [9.17, 15) is 4.79 Å². The summed E-state index contributed by atoms with van der Waals surface area (Å²) in [7, 11) is 0. The Morgan fingerprint density at radius 3 is 2.62 bits per heavy atom. The van der Waals surface area contributed by atoms with Crippen molar-refractivity contribution in [2.24, 2.45) is 0 Å². The van der Waals surface area contributed by atoms with Crippen LogP contribution in [0, 0.1) is 0 Å². The molecule has 24 heavy (non-hydrogen) atoms. The van der Waals surface area contributed by atoms with E-state index in [1.165, 1.54) is 11.1 Å². The highest BCUT2D eigenvalue weighted by Gasteiger charge is 2.19. The molecule has 1 aliphatic carbocycles. The largest absolute Gasteiger partial charge is 0.478 e. The van der Waals surface area contributed by atoms with Crippen LogP contribution in [0.15, 0.2) is 54.7 Å².